The van der Waals surface area contributed by atoms with Gasteiger partial charge in [0, 0.05) is 19.5 Å². The van der Waals surface area contributed by atoms with E-state index in [-0.39, 0.29) is 7.43 Å². The molecule has 0 spiro atoms. The van der Waals surface area contributed by atoms with Crippen molar-refractivity contribution in [3.05, 3.63) is 48.8 Å². The molecule has 22 heavy (non-hydrogen) atoms. The minimum Gasteiger partial charge on any atom is -0.324 e. The molecule has 0 aliphatic carbocycles. The van der Waals surface area contributed by atoms with E-state index in [9.17, 15) is 0 Å². The van der Waals surface area contributed by atoms with E-state index in [0.29, 0.717) is 13.9 Å². The Morgan fingerprint density at radius 1 is 0.955 bits per heavy atom. The van der Waals surface area contributed by atoms with Crippen LogP contribution in [0, 0.1) is 0 Å². The second-order valence-electron chi connectivity index (χ2n) is 4.61. The maximum atomic E-state index is 5.75. The van der Waals surface area contributed by atoms with Crippen LogP contribution in [-0.2, 0) is 0 Å². The van der Waals surface area contributed by atoms with Crippen molar-refractivity contribution in [2.75, 3.05) is 25.3 Å². The van der Waals surface area contributed by atoms with Crippen molar-refractivity contribution in [2.24, 2.45) is 0 Å². The van der Waals surface area contributed by atoms with Crippen LogP contribution in [0.4, 0.5) is 11.6 Å². The van der Waals surface area contributed by atoms with E-state index >= 15 is 0 Å². The number of hydrogen-bond acceptors (Lipinski definition) is 3. The zero-order valence-corrected chi connectivity index (χ0v) is 15.1. The summed E-state index contributed by atoms with van der Waals surface area (Å²) >= 11 is 0. The molecule has 0 amide bonds. The predicted molar refractivity (Wildman–Crippen MR) is 106 cm³/mol. The minimum atomic E-state index is 0. The summed E-state index contributed by atoms with van der Waals surface area (Å²) in [6.07, 6.45) is 4.66. The van der Waals surface area contributed by atoms with E-state index in [0.717, 1.165) is 5.69 Å². The molecule has 1 aromatic heterocycles. The molecule has 0 saturated heterocycles. The molecule has 1 aromatic carbocycles. The van der Waals surface area contributed by atoms with Gasteiger partial charge in [0.2, 0.25) is 5.95 Å². The third kappa shape index (κ3) is 16.6. The van der Waals surface area contributed by atoms with Crippen LogP contribution in [0.3, 0.4) is 0 Å². The number of anilines is 2. The Morgan fingerprint density at radius 2 is 1.36 bits per heavy atom. The number of rotatable bonds is 2. The number of aromatic nitrogens is 2. The van der Waals surface area contributed by atoms with Gasteiger partial charge in [-0.2, -0.15) is 0 Å². The minimum absolute atomic E-state index is 0. The first kappa shape index (κ1) is 22.8. The standard InChI is InChI=1S/C10H9N3.C3H9P.C3H8.2CH4/c1-2-5-9(6-3-1)13-10-11-7-4-8-12-10;1-4(2)3;1-3-2;;/h1-8H,(H,11,12,13);1-3H3;3H2,1-2H3;2*1H4/i;;;1D;. The Bertz CT molecular complexity index is 385. The van der Waals surface area contributed by atoms with Crippen molar-refractivity contribution >= 4 is 19.6 Å². The van der Waals surface area contributed by atoms with Crippen LogP contribution in [-0.4, -0.2) is 30.0 Å². The quantitative estimate of drug-likeness (QED) is 0.662. The van der Waals surface area contributed by atoms with Gasteiger partial charge in [0.15, 0.2) is 0 Å². The summed E-state index contributed by atoms with van der Waals surface area (Å²) in [5, 5.41) is 3.08. The molecule has 3 nitrogen and oxygen atoms in total. The molecule has 0 saturated carbocycles. The maximum Gasteiger partial charge on any atom is 0.227 e. The van der Waals surface area contributed by atoms with Crippen LogP contribution in [0.5, 0.6) is 0 Å². The molecule has 2 aromatic rings. The lowest BCUT2D eigenvalue weighted by Gasteiger charge is -2.02. The molecule has 126 valence electrons. The Hall–Kier alpha value is -1.47. The SMILES string of the molecule is C.CCC.CP(C)C.[2H]C.c1ccc(Nc2ncccn2)cc1. The molecule has 0 radical (unpaired) electrons. The first-order chi connectivity index (χ1) is 10.6. The van der Waals surface area contributed by atoms with Crippen molar-refractivity contribution in [1.82, 2.24) is 9.97 Å². The smallest absolute Gasteiger partial charge is 0.227 e. The summed E-state index contributed by atoms with van der Waals surface area (Å²) in [7, 11) is 1.63. The summed E-state index contributed by atoms with van der Waals surface area (Å²) < 4.78 is 5.75. The van der Waals surface area contributed by atoms with Gasteiger partial charge in [0.25, 0.3) is 0 Å². The van der Waals surface area contributed by atoms with Crippen molar-refractivity contribution in [1.29, 1.82) is 0 Å². The second-order valence-corrected chi connectivity index (χ2v) is 7.30. The summed E-state index contributed by atoms with van der Waals surface area (Å²) in [5.74, 6) is 0.619. The molecule has 0 unspecified atom stereocenters. The lowest BCUT2D eigenvalue weighted by atomic mass is 10.3. The number of benzene rings is 1. The number of nitrogens with one attached hydrogen (secondary N) is 1. The summed E-state index contributed by atoms with van der Waals surface area (Å²) in [4.78, 5) is 8.10. The van der Waals surface area contributed by atoms with E-state index in [1.54, 1.807) is 18.5 Å². The Kier molecular flexibility index (Phi) is 18.2. The molecular weight excluding hydrogens is 289 g/mol. The molecular formula is C18H34N3P. The second kappa shape index (κ2) is 17.6. The van der Waals surface area contributed by atoms with Gasteiger partial charge in [-0.1, -0.05) is 53.3 Å². The van der Waals surface area contributed by atoms with Gasteiger partial charge in [0.1, 0.15) is 0 Å². The largest absolute Gasteiger partial charge is 0.324 e. The van der Waals surface area contributed by atoms with Crippen molar-refractivity contribution < 1.29 is 1.37 Å². The van der Waals surface area contributed by atoms with Crippen LogP contribution in [0.1, 0.15) is 36.5 Å². The first-order valence-corrected chi connectivity index (χ1v) is 9.48. The zero-order chi connectivity index (χ0) is 17.2. The van der Waals surface area contributed by atoms with Crippen molar-refractivity contribution in [2.45, 2.75) is 35.1 Å². The molecule has 4 heteroatoms. The summed E-state index contributed by atoms with van der Waals surface area (Å²) in [6, 6.07) is 11.6. The molecule has 0 atom stereocenters. The van der Waals surface area contributed by atoms with Crippen LogP contribution in [0.25, 0.3) is 0 Å². The van der Waals surface area contributed by atoms with Crippen LogP contribution in [0.15, 0.2) is 48.8 Å². The first-order valence-electron chi connectivity index (χ1n) is 7.80. The fourth-order valence-electron chi connectivity index (χ4n) is 1.01. The average Bonchev–Trinajstić information content (AvgIpc) is 2.52. The van der Waals surface area contributed by atoms with Gasteiger partial charge in [0.05, 0.1) is 0 Å². The van der Waals surface area contributed by atoms with E-state index in [4.69, 9.17) is 1.37 Å². The molecule has 0 aliphatic rings. The van der Waals surface area contributed by atoms with Crippen molar-refractivity contribution in [3.8, 4) is 0 Å². The predicted octanol–water partition coefficient (Wildman–Crippen LogP) is 6.27. The Labute approximate surface area is 140 Å². The monoisotopic (exact) mass is 324 g/mol. The fraction of sp³-hybridized carbons (Fsp3) is 0.444. The Morgan fingerprint density at radius 3 is 1.77 bits per heavy atom. The lowest BCUT2D eigenvalue weighted by Crippen LogP contribution is -1.94. The third-order valence-electron chi connectivity index (χ3n) is 1.60. The van der Waals surface area contributed by atoms with Gasteiger partial charge in [-0.05, 0) is 38.2 Å². The van der Waals surface area contributed by atoms with Gasteiger partial charge in [-0.15, -0.1) is 7.92 Å². The topological polar surface area (TPSA) is 37.8 Å². The third-order valence-corrected chi connectivity index (χ3v) is 1.60. The normalized spacial score (nSPS) is 8.41. The highest BCUT2D eigenvalue weighted by molar-refractivity contribution is 7.55. The van der Waals surface area contributed by atoms with E-state index in [1.165, 1.54) is 13.8 Å². The van der Waals surface area contributed by atoms with Gasteiger partial charge < -0.3 is 5.32 Å². The average molecular weight is 324 g/mol. The molecule has 1 N–H and O–H groups in total. The highest BCUT2D eigenvalue weighted by Crippen LogP contribution is 2.14. The van der Waals surface area contributed by atoms with Gasteiger partial charge >= 0.3 is 0 Å². The van der Waals surface area contributed by atoms with E-state index < -0.39 is 0 Å². The highest BCUT2D eigenvalue weighted by atomic mass is 31.1. The van der Waals surface area contributed by atoms with Crippen LogP contribution in [0.2, 0.25) is 0 Å². The zero-order valence-electron chi connectivity index (χ0n) is 15.2. The van der Waals surface area contributed by atoms with E-state index in [1.807, 2.05) is 30.3 Å². The number of nitrogens with zero attached hydrogens (tertiary/aromatic N) is 2. The summed E-state index contributed by atoms with van der Waals surface area (Å²) in [6.45, 7) is 10.9. The molecule has 0 fully saturated rings. The molecule has 0 bridgehead atoms. The number of para-hydroxylation sites is 1. The van der Waals surface area contributed by atoms with Crippen molar-refractivity contribution in [3.63, 3.8) is 0 Å². The fourth-order valence-corrected chi connectivity index (χ4v) is 1.01. The molecule has 2 rings (SSSR count). The maximum absolute atomic E-state index is 5.75. The van der Waals surface area contributed by atoms with Gasteiger partial charge in [-0.25, -0.2) is 9.97 Å². The highest BCUT2D eigenvalue weighted by Gasteiger charge is 1.92. The Balaban J connectivity index is -0.000000341. The lowest BCUT2D eigenvalue weighted by molar-refractivity contribution is 1.09. The van der Waals surface area contributed by atoms with Crippen LogP contribution < -0.4 is 5.32 Å². The van der Waals surface area contributed by atoms with Gasteiger partial charge in [-0.3, -0.25) is 0 Å². The molecule has 0 aliphatic heterocycles. The molecule has 1 heterocycles. The van der Waals surface area contributed by atoms with E-state index in [2.05, 4.69) is 49.1 Å². The summed E-state index contributed by atoms with van der Waals surface area (Å²) in [5.41, 5.74) is 0.994. The van der Waals surface area contributed by atoms with Crippen LogP contribution >= 0.6 is 7.92 Å². The number of hydrogen-bond donors (Lipinski definition) is 1.